The maximum Gasteiger partial charge on any atom is 0.335 e. The lowest BCUT2D eigenvalue weighted by atomic mass is 10.1. The molecule has 4 heteroatoms. The van der Waals surface area contributed by atoms with Gasteiger partial charge in [0.05, 0.1) is 16.9 Å². The zero-order valence-corrected chi connectivity index (χ0v) is 11.0. The van der Waals surface area contributed by atoms with Crippen molar-refractivity contribution >= 4 is 17.3 Å². The maximum atomic E-state index is 10.8. The van der Waals surface area contributed by atoms with E-state index in [0.717, 1.165) is 36.4 Å². The van der Waals surface area contributed by atoms with Crippen LogP contribution in [0.5, 0.6) is 0 Å². The third-order valence-corrected chi connectivity index (χ3v) is 3.69. The third kappa shape index (κ3) is 2.20. The van der Waals surface area contributed by atoms with Crippen molar-refractivity contribution in [2.75, 3.05) is 17.2 Å². The number of benzene rings is 2. The number of nitrogen functional groups attached to an aromatic ring is 1. The average molecular weight is 268 g/mol. The number of hydrogen-bond acceptors (Lipinski definition) is 3. The summed E-state index contributed by atoms with van der Waals surface area (Å²) in [5.41, 5.74) is 10.7. The quantitative estimate of drug-likeness (QED) is 0.839. The summed E-state index contributed by atoms with van der Waals surface area (Å²) in [6.45, 7) is 1.70. The summed E-state index contributed by atoms with van der Waals surface area (Å²) in [4.78, 5) is 13.1. The second-order valence-corrected chi connectivity index (χ2v) is 5.03. The van der Waals surface area contributed by atoms with E-state index in [4.69, 9.17) is 10.8 Å². The molecule has 0 bridgehead atoms. The van der Waals surface area contributed by atoms with Gasteiger partial charge in [-0.25, -0.2) is 4.79 Å². The molecule has 4 nitrogen and oxygen atoms in total. The molecule has 0 saturated carbocycles. The first kappa shape index (κ1) is 12.5. The fourth-order valence-corrected chi connectivity index (χ4v) is 2.70. The van der Waals surface area contributed by atoms with Crippen molar-refractivity contribution in [2.24, 2.45) is 0 Å². The van der Waals surface area contributed by atoms with Crippen molar-refractivity contribution in [1.29, 1.82) is 0 Å². The molecule has 0 aliphatic carbocycles. The third-order valence-electron chi connectivity index (χ3n) is 3.69. The van der Waals surface area contributed by atoms with Gasteiger partial charge in [0.1, 0.15) is 0 Å². The van der Waals surface area contributed by atoms with Crippen molar-refractivity contribution < 1.29 is 9.90 Å². The number of aromatic carboxylic acids is 1. The first-order chi connectivity index (χ1) is 9.65. The number of fused-ring (bicyclic) bond motifs is 1. The van der Waals surface area contributed by atoms with Crippen LogP contribution in [0.3, 0.4) is 0 Å². The highest BCUT2D eigenvalue weighted by atomic mass is 16.4. The van der Waals surface area contributed by atoms with E-state index >= 15 is 0 Å². The Morgan fingerprint density at radius 2 is 1.95 bits per heavy atom. The number of carboxylic acids is 1. The van der Waals surface area contributed by atoms with Crippen LogP contribution in [0.15, 0.2) is 42.5 Å². The Morgan fingerprint density at radius 3 is 2.65 bits per heavy atom. The summed E-state index contributed by atoms with van der Waals surface area (Å²) in [5, 5.41) is 8.90. The van der Waals surface area contributed by atoms with E-state index in [1.165, 1.54) is 5.56 Å². The molecule has 0 spiro atoms. The van der Waals surface area contributed by atoms with Crippen LogP contribution in [0.4, 0.5) is 11.4 Å². The molecular weight excluding hydrogens is 252 g/mol. The van der Waals surface area contributed by atoms with Gasteiger partial charge >= 0.3 is 5.97 Å². The minimum atomic E-state index is -0.896. The van der Waals surface area contributed by atoms with Crippen LogP contribution >= 0.6 is 0 Å². The fourth-order valence-electron chi connectivity index (χ4n) is 2.70. The first-order valence-electron chi connectivity index (χ1n) is 6.59. The van der Waals surface area contributed by atoms with Crippen molar-refractivity contribution in [2.45, 2.75) is 13.0 Å². The van der Waals surface area contributed by atoms with Crippen LogP contribution in [0.2, 0.25) is 0 Å². The van der Waals surface area contributed by atoms with E-state index in [-0.39, 0.29) is 0 Å². The molecule has 0 fully saturated rings. The molecule has 0 unspecified atom stereocenters. The van der Waals surface area contributed by atoms with Crippen LogP contribution in [0.25, 0.3) is 0 Å². The van der Waals surface area contributed by atoms with Crippen molar-refractivity contribution in [3.05, 3.63) is 59.2 Å². The number of carboxylic acid groups (broad SMARTS) is 1. The van der Waals surface area contributed by atoms with E-state index in [2.05, 4.69) is 11.0 Å². The molecule has 1 heterocycles. The van der Waals surface area contributed by atoms with E-state index in [1.54, 1.807) is 12.1 Å². The molecule has 0 amide bonds. The Balaban J connectivity index is 1.82. The summed E-state index contributed by atoms with van der Waals surface area (Å²) in [6, 6.07) is 13.0. The van der Waals surface area contributed by atoms with Crippen LogP contribution in [0.1, 0.15) is 21.5 Å². The highest BCUT2D eigenvalue weighted by Gasteiger charge is 2.21. The Bertz CT molecular complexity index is 650. The highest BCUT2D eigenvalue weighted by molar-refractivity contribution is 5.87. The minimum Gasteiger partial charge on any atom is -0.478 e. The number of rotatable bonds is 3. The number of para-hydroxylation sites is 1. The lowest BCUT2D eigenvalue weighted by Crippen LogP contribution is -2.20. The van der Waals surface area contributed by atoms with Crippen LogP contribution in [-0.2, 0) is 13.0 Å². The number of carbonyl (C=O) groups is 1. The minimum absolute atomic E-state index is 0.315. The average Bonchev–Trinajstić information content (AvgIpc) is 2.84. The Morgan fingerprint density at radius 1 is 1.20 bits per heavy atom. The van der Waals surface area contributed by atoms with Gasteiger partial charge in [-0.05, 0) is 35.7 Å². The lowest BCUT2D eigenvalue weighted by Gasteiger charge is -2.21. The molecule has 1 aliphatic heterocycles. The van der Waals surface area contributed by atoms with Crippen LogP contribution < -0.4 is 10.6 Å². The van der Waals surface area contributed by atoms with E-state index < -0.39 is 5.97 Å². The van der Waals surface area contributed by atoms with Gasteiger partial charge < -0.3 is 15.7 Å². The molecule has 2 aromatic carbocycles. The summed E-state index contributed by atoms with van der Waals surface area (Å²) < 4.78 is 0. The van der Waals surface area contributed by atoms with Crippen LogP contribution in [-0.4, -0.2) is 17.6 Å². The zero-order valence-electron chi connectivity index (χ0n) is 11.0. The SMILES string of the molecule is Nc1cccc2c1N(Cc1ccc(C(=O)O)cc1)CC2. The second kappa shape index (κ2) is 4.89. The summed E-state index contributed by atoms with van der Waals surface area (Å²) in [5.74, 6) is -0.896. The van der Waals surface area contributed by atoms with Gasteiger partial charge in [0, 0.05) is 13.1 Å². The maximum absolute atomic E-state index is 10.8. The van der Waals surface area contributed by atoms with Gasteiger partial charge in [0.25, 0.3) is 0 Å². The predicted molar refractivity (Wildman–Crippen MR) is 79.0 cm³/mol. The summed E-state index contributed by atoms with van der Waals surface area (Å²) in [6.07, 6.45) is 1.01. The number of hydrogen-bond donors (Lipinski definition) is 2. The number of nitrogens with two attached hydrogens (primary N) is 1. The van der Waals surface area contributed by atoms with E-state index in [1.807, 2.05) is 24.3 Å². The van der Waals surface area contributed by atoms with Gasteiger partial charge in [0.2, 0.25) is 0 Å². The predicted octanol–water partition coefficient (Wildman–Crippen LogP) is 2.53. The van der Waals surface area contributed by atoms with Gasteiger partial charge in [0.15, 0.2) is 0 Å². The number of anilines is 2. The Kier molecular flexibility index (Phi) is 3.06. The second-order valence-electron chi connectivity index (χ2n) is 5.03. The smallest absolute Gasteiger partial charge is 0.335 e. The van der Waals surface area contributed by atoms with Crippen molar-refractivity contribution in [3.63, 3.8) is 0 Å². The monoisotopic (exact) mass is 268 g/mol. The van der Waals surface area contributed by atoms with E-state index in [0.29, 0.717) is 5.56 Å². The van der Waals surface area contributed by atoms with Crippen molar-refractivity contribution in [1.82, 2.24) is 0 Å². The highest BCUT2D eigenvalue weighted by Crippen LogP contribution is 2.34. The van der Waals surface area contributed by atoms with Crippen LogP contribution in [0, 0.1) is 0 Å². The first-order valence-corrected chi connectivity index (χ1v) is 6.59. The molecule has 2 aromatic rings. The molecule has 0 atom stereocenters. The van der Waals surface area contributed by atoms with E-state index in [9.17, 15) is 4.79 Å². The van der Waals surface area contributed by atoms with Gasteiger partial charge in [-0.15, -0.1) is 0 Å². The molecule has 0 aromatic heterocycles. The van der Waals surface area contributed by atoms with Gasteiger partial charge in [-0.2, -0.15) is 0 Å². The Labute approximate surface area is 117 Å². The summed E-state index contributed by atoms with van der Waals surface area (Å²) in [7, 11) is 0. The van der Waals surface area contributed by atoms with Crippen molar-refractivity contribution in [3.8, 4) is 0 Å². The van der Waals surface area contributed by atoms with Gasteiger partial charge in [-0.3, -0.25) is 0 Å². The number of nitrogens with zero attached hydrogens (tertiary/aromatic N) is 1. The lowest BCUT2D eigenvalue weighted by molar-refractivity contribution is 0.0697. The molecule has 3 rings (SSSR count). The molecule has 0 saturated heterocycles. The largest absolute Gasteiger partial charge is 0.478 e. The fraction of sp³-hybridized carbons (Fsp3) is 0.188. The molecule has 0 radical (unpaired) electrons. The molecule has 1 aliphatic rings. The molecule has 20 heavy (non-hydrogen) atoms. The topological polar surface area (TPSA) is 66.6 Å². The summed E-state index contributed by atoms with van der Waals surface area (Å²) >= 11 is 0. The molecule has 3 N–H and O–H groups in total. The standard InChI is InChI=1S/C16H16N2O2/c17-14-3-1-2-12-8-9-18(15(12)14)10-11-4-6-13(7-5-11)16(19)20/h1-7H,8-10,17H2,(H,19,20). The molecular formula is C16H16N2O2. The Hall–Kier alpha value is -2.49. The normalized spacial score (nSPS) is 13.3. The van der Waals surface area contributed by atoms with Gasteiger partial charge in [-0.1, -0.05) is 24.3 Å². The zero-order chi connectivity index (χ0) is 14.1. The molecule has 102 valence electrons.